The monoisotopic (exact) mass is 282 g/mol. The van der Waals surface area contributed by atoms with Gasteiger partial charge in [0.25, 0.3) is 0 Å². The van der Waals surface area contributed by atoms with Crippen LogP contribution in [0.5, 0.6) is 0 Å². The molecule has 3 aromatic rings. The van der Waals surface area contributed by atoms with Crippen LogP contribution in [0.2, 0.25) is 0 Å². The number of benzene rings is 2. The largest absolute Gasteiger partial charge is 0.390 e. The van der Waals surface area contributed by atoms with Crippen LogP contribution in [0.3, 0.4) is 0 Å². The molecule has 1 N–H and O–H groups in total. The van der Waals surface area contributed by atoms with Gasteiger partial charge in [0.05, 0.1) is 23.5 Å². The van der Waals surface area contributed by atoms with Gasteiger partial charge < -0.3 is 10.0 Å². The van der Waals surface area contributed by atoms with Crippen LogP contribution in [-0.4, -0.2) is 17.1 Å². The van der Waals surface area contributed by atoms with Gasteiger partial charge in [-0.2, -0.15) is 0 Å². The minimum atomic E-state index is -0.278. The van der Waals surface area contributed by atoms with Gasteiger partial charge in [0.15, 0.2) is 0 Å². The highest BCUT2D eigenvalue weighted by molar-refractivity contribution is 5.93. The second-order valence-electron chi connectivity index (χ2n) is 4.85. The lowest BCUT2D eigenvalue weighted by atomic mass is 10.1. The third-order valence-electron chi connectivity index (χ3n) is 3.47. The van der Waals surface area contributed by atoms with Gasteiger partial charge in [-0.3, -0.25) is 4.98 Å². The molecule has 4 heteroatoms. The van der Waals surface area contributed by atoms with Crippen molar-refractivity contribution >= 4 is 22.3 Å². The van der Waals surface area contributed by atoms with E-state index in [-0.39, 0.29) is 12.4 Å². The normalized spacial score (nSPS) is 10.8. The van der Waals surface area contributed by atoms with E-state index in [0.717, 1.165) is 22.3 Å². The van der Waals surface area contributed by atoms with E-state index < -0.39 is 0 Å². The van der Waals surface area contributed by atoms with E-state index in [0.29, 0.717) is 5.69 Å². The van der Waals surface area contributed by atoms with Gasteiger partial charge in [-0.25, -0.2) is 4.39 Å². The Morgan fingerprint density at radius 3 is 2.67 bits per heavy atom. The van der Waals surface area contributed by atoms with Crippen LogP contribution in [0.25, 0.3) is 10.9 Å². The smallest absolute Gasteiger partial charge is 0.125 e. The predicted molar refractivity (Wildman–Crippen MR) is 82.1 cm³/mol. The number of aliphatic hydroxyl groups is 1. The van der Waals surface area contributed by atoms with Crippen LogP contribution in [0, 0.1) is 5.82 Å². The Balaban J connectivity index is 2.18. The van der Waals surface area contributed by atoms with Crippen molar-refractivity contribution in [3.8, 4) is 0 Å². The van der Waals surface area contributed by atoms with Crippen molar-refractivity contribution in [1.29, 1.82) is 0 Å². The van der Waals surface area contributed by atoms with E-state index >= 15 is 0 Å². The van der Waals surface area contributed by atoms with E-state index in [1.807, 2.05) is 48.3 Å². The highest BCUT2D eigenvalue weighted by Crippen LogP contribution is 2.31. The summed E-state index contributed by atoms with van der Waals surface area (Å²) in [6.07, 6.45) is 0. The number of halogens is 1. The van der Waals surface area contributed by atoms with Crippen molar-refractivity contribution in [3.05, 3.63) is 66.1 Å². The van der Waals surface area contributed by atoms with Gasteiger partial charge in [-0.1, -0.05) is 24.3 Å². The molecule has 0 unspecified atom stereocenters. The van der Waals surface area contributed by atoms with Crippen LogP contribution in [0.1, 0.15) is 5.69 Å². The molecule has 21 heavy (non-hydrogen) atoms. The molecule has 0 radical (unpaired) electrons. The molecule has 0 saturated carbocycles. The lowest BCUT2D eigenvalue weighted by molar-refractivity contribution is 0.277. The van der Waals surface area contributed by atoms with Gasteiger partial charge >= 0.3 is 0 Å². The maximum atomic E-state index is 13.4. The van der Waals surface area contributed by atoms with Crippen LogP contribution in [0.4, 0.5) is 15.8 Å². The molecular weight excluding hydrogens is 267 g/mol. The molecule has 0 atom stereocenters. The Labute approximate surface area is 122 Å². The summed E-state index contributed by atoms with van der Waals surface area (Å²) in [6.45, 7) is -0.130. The molecular formula is C17H15FN2O. The van der Waals surface area contributed by atoms with Gasteiger partial charge in [0.2, 0.25) is 0 Å². The molecule has 0 saturated heterocycles. The second-order valence-corrected chi connectivity index (χ2v) is 4.85. The first-order chi connectivity index (χ1) is 10.2. The third kappa shape index (κ3) is 2.58. The molecule has 3 rings (SSSR count). The van der Waals surface area contributed by atoms with Crippen molar-refractivity contribution in [1.82, 2.24) is 4.98 Å². The van der Waals surface area contributed by atoms with Crippen molar-refractivity contribution in [2.75, 3.05) is 11.9 Å². The number of aromatic nitrogens is 1. The van der Waals surface area contributed by atoms with E-state index in [1.165, 1.54) is 12.1 Å². The van der Waals surface area contributed by atoms with Crippen LogP contribution in [-0.2, 0) is 6.61 Å². The molecule has 0 fully saturated rings. The van der Waals surface area contributed by atoms with Crippen molar-refractivity contribution in [2.24, 2.45) is 0 Å². The first-order valence-corrected chi connectivity index (χ1v) is 6.68. The lowest BCUT2D eigenvalue weighted by Gasteiger charge is -2.22. The first-order valence-electron chi connectivity index (χ1n) is 6.68. The zero-order valence-corrected chi connectivity index (χ0v) is 11.6. The second kappa shape index (κ2) is 5.50. The quantitative estimate of drug-likeness (QED) is 0.797. The fourth-order valence-corrected chi connectivity index (χ4v) is 2.39. The van der Waals surface area contributed by atoms with E-state index in [9.17, 15) is 9.50 Å². The molecule has 0 aliphatic heterocycles. The molecule has 3 nitrogen and oxygen atoms in total. The Morgan fingerprint density at radius 2 is 1.90 bits per heavy atom. The fraction of sp³-hybridized carbons (Fsp3) is 0.118. The average molecular weight is 282 g/mol. The Hall–Kier alpha value is -2.46. The highest BCUT2D eigenvalue weighted by Gasteiger charge is 2.11. The van der Waals surface area contributed by atoms with Gasteiger partial charge in [0, 0.05) is 18.1 Å². The minimum absolute atomic E-state index is 0.130. The zero-order valence-electron chi connectivity index (χ0n) is 11.6. The van der Waals surface area contributed by atoms with E-state index in [2.05, 4.69) is 4.98 Å². The molecule has 0 spiro atoms. The summed E-state index contributed by atoms with van der Waals surface area (Å²) in [4.78, 5) is 6.29. The third-order valence-corrected chi connectivity index (χ3v) is 3.47. The SMILES string of the molecule is CN(c1cccc(F)c1)c1cc(CO)nc2ccccc12. The minimum Gasteiger partial charge on any atom is -0.390 e. The molecule has 0 aliphatic rings. The summed E-state index contributed by atoms with van der Waals surface area (Å²) in [7, 11) is 1.87. The Morgan fingerprint density at radius 1 is 1.10 bits per heavy atom. The average Bonchev–Trinajstić information content (AvgIpc) is 2.53. The van der Waals surface area contributed by atoms with Gasteiger partial charge in [-0.15, -0.1) is 0 Å². The molecule has 1 heterocycles. The van der Waals surface area contributed by atoms with Gasteiger partial charge in [0.1, 0.15) is 5.82 Å². The summed E-state index contributed by atoms with van der Waals surface area (Å²) >= 11 is 0. The number of pyridine rings is 1. The summed E-state index contributed by atoms with van der Waals surface area (Å²) < 4.78 is 13.4. The molecule has 2 aromatic carbocycles. The standard InChI is InChI=1S/C17H15FN2O/c1-20(14-6-4-5-12(18)9-14)17-10-13(11-21)19-16-8-3-2-7-15(16)17/h2-10,21H,11H2,1H3. The summed E-state index contributed by atoms with van der Waals surface area (Å²) in [5.74, 6) is -0.278. The molecule has 0 aliphatic carbocycles. The summed E-state index contributed by atoms with van der Waals surface area (Å²) in [5, 5.41) is 10.3. The first kappa shape index (κ1) is 13.5. The van der Waals surface area contributed by atoms with Crippen LogP contribution >= 0.6 is 0 Å². The predicted octanol–water partition coefficient (Wildman–Crippen LogP) is 3.63. The fourth-order valence-electron chi connectivity index (χ4n) is 2.39. The Kier molecular flexibility index (Phi) is 3.54. The lowest BCUT2D eigenvalue weighted by Crippen LogP contribution is -2.11. The number of nitrogens with zero attached hydrogens (tertiary/aromatic N) is 2. The summed E-state index contributed by atoms with van der Waals surface area (Å²) in [5.41, 5.74) is 3.03. The number of hydrogen-bond acceptors (Lipinski definition) is 3. The highest BCUT2D eigenvalue weighted by atomic mass is 19.1. The van der Waals surface area contributed by atoms with Gasteiger partial charge in [-0.05, 0) is 30.3 Å². The number of fused-ring (bicyclic) bond motifs is 1. The van der Waals surface area contributed by atoms with E-state index in [4.69, 9.17) is 0 Å². The van der Waals surface area contributed by atoms with Crippen molar-refractivity contribution in [3.63, 3.8) is 0 Å². The molecule has 0 amide bonds. The van der Waals surface area contributed by atoms with Crippen LogP contribution in [0.15, 0.2) is 54.6 Å². The number of aliphatic hydroxyl groups excluding tert-OH is 1. The van der Waals surface area contributed by atoms with Crippen LogP contribution < -0.4 is 4.90 Å². The molecule has 0 bridgehead atoms. The van der Waals surface area contributed by atoms with Crippen molar-refractivity contribution in [2.45, 2.75) is 6.61 Å². The van der Waals surface area contributed by atoms with E-state index in [1.54, 1.807) is 6.07 Å². The summed E-state index contributed by atoms with van der Waals surface area (Å²) in [6, 6.07) is 16.0. The zero-order chi connectivity index (χ0) is 14.8. The number of hydrogen-bond donors (Lipinski definition) is 1. The number of para-hydroxylation sites is 1. The maximum absolute atomic E-state index is 13.4. The molecule has 106 valence electrons. The van der Waals surface area contributed by atoms with Crippen molar-refractivity contribution < 1.29 is 9.50 Å². The topological polar surface area (TPSA) is 36.4 Å². The number of rotatable bonds is 3. The maximum Gasteiger partial charge on any atom is 0.125 e. The molecule has 1 aromatic heterocycles. The Bertz CT molecular complexity index is 789. The number of anilines is 2.